The summed E-state index contributed by atoms with van der Waals surface area (Å²) in [4.78, 5) is 0. The lowest BCUT2D eigenvalue weighted by molar-refractivity contribution is 0.319. The smallest absolute Gasteiger partial charge is 0.0837 e. The van der Waals surface area contributed by atoms with Crippen molar-refractivity contribution in [3.63, 3.8) is 0 Å². The van der Waals surface area contributed by atoms with Crippen LogP contribution in [0.15, 0.2) is 34.6 Å². The molecule has 1 aromatic rings. The summed E-state index contributed by atoms with van der Waals surface area (Å²) in [5.41, 5.74) is 2.65. The highest BCUT2D eigenvalue weighted by atomic mass is 16.4. The van der Waals surface area contributed by atoms with Gasteiger partial charge in [-0.1, -0.05) is 28.5 Å². The monoisotopic (exact) mass is 192 g/mol. The van der Waals surface area contributed by atoms with Crippen LogP contribution in [0.4, 0.5) is 0 Å². The molecule has 0 amide bonds. The molecule has 0 fully saturated rings. The van der Waals surface area contributed by atoms with Gasteiger partial charge in [-0.3, -0.25) is 0 Å². The first kappa shape index (κ1) is 10.2. The van der Waals surface area contributed by atoms with Crippen LogP contribution in [0.5, 0.6) is 0 Å². The Bertz CT molecular complexity index is 350. The molecule has 1 aromatic carbocycles. The number of benzene rings is 1. The zero-order valence-electron chi connectivity index (χ0n) is 8.10. The van der Waals surface area contributed by atoms with E-state index in [1.165, 1.54) is 0 Å². The summed E-state index contributed by atoms with van der Waals surface area (Å²) in [6, 6.07) is 7.25. The van der Waals surface area contributed by atoms with Gasteiger partial charge in [0.05, 0.1) is 11.4 Å². The van der Waals surface area contributed by atoms with E-state index in [1.807, 2.05) is 18.2 Å². The molecular weight excluding hydrogens is 180 g/mol. The van der Waals surface area contributed by atoms with E-state index in [2.05, 4.69) is 10.3 Å². The largest absolute Gasteiger partial charge is 0.411 e. The normalized spacial score (nSPS) is 13.0. The van der Waals surface area contributed by atoms with Gasteiger partial charge in [-0.2, -0.15) is 0 Å². The van der Waals surface area contributed by atoms with Crippen LogP contribution in [0.2, 0.25) is 0 Å². The number of oxime groups is 2. The molecule has 0 saturated carbocycles. The van der Waals surface area contributed by atoms with E-state index in [9.17, 15) is 0 Å². The van der Waals surface area contributed by atoms with Crippen molar-refractivity contribution in [2.24, 2.45) is 10.3 Å². The van der Waals surface area contributed by atoms with Gasteiger partial charge in [-0.15, -0.1) is 0 Å². The maximum atomic E-state index is 8.58. The van der Waals surface area contributed by atoms with Gasteiger partial charge in [0.15, 0.2) is 0 Å². The average Bonchev–Trinajstić information content (AvgIpc) is 2.27. The summed E-state index contributed by atoms with van der Waals surface area (Å²) >= 11 is 0. The van der Waals surface area contributed by atoms with Crippen molar-refractivity contribution in [1.29, 1.82) is 0 Å². The summed E-state index contributed by atoms with van der Waals surface area (Å²) in [5.74, 6) is 0. The van der Waals surface area contributed by atoms with Crippen molar-refractivity contribution in [2.45, 2.75) is 13.8 Å². The Morgan fingerprint density at radius 3 is 1.79 bits per heavy atom. The second-order valence-corrected chi connectivity index (χ2v) is 2.95. The molecule has 4 heteroatoms. The number of rotatable bonds is 2. The Hall–Kier alpha value is -1.84. The van der Waals surface area contributed by atoms with E-state index in [0.717, 1.165) is 11.1 Å². The second kappa shape index (κ2) is 4.41. The van der Waals surface area contributed by atoms with Crippen molar-refractivity contribution in [3.8, 4) is 0 Å². The van der Waals surface area contributed by atoms with Gasteiger partial charge in [0.2, 0.25) is 0 Å². The molecule has 0 radical (unpaired) electrons. The molecule has 0 saturated heterocycles. The summed E-state index contributed by atoms with van der Waals surface area (Å²) < 4.78 is 0. The SMILES string of the molecule is CC(=NO)c1cccc(C(C)=NO)c1. The van der Waals surface area contributed by atoms with Crippen LogP contribution < -0.4 is 0 Å². The Morgan fingerprint density at radius 1 is 1.00 bits per heavy atom. The van der Waals surface area contributed by atoms with Gasteiger partial charge < -0.3 is 10.4 Å². The molecule has 74 valence electrons. The van der Waals surface area contributed by atoms with Crippen molar-refractivity contribution in [2.75, 3.05) is 0 Å². The molecule has 2 N–H and O–H groups in total. The minimum absolute atomic E-state index is 0.526. The van der Waals surface area contributed by atoms with Gasteiger partial charge in [-0.25, -0.2) is 0 Å². The minimum atomic E-state index is 0.526. The van der Waals surface area contributed by atoms with Crippen molar-refractivity contribution in [3.05, 3.63) is 35.4 Å². The van der Waals surface area contributed by atoms with Crippen LogP contribution >= 0.6 is 0 Å². The quantitative estimate of drug-likeness (QED) is 0.428. The molecule has 0 atom stereocenters. The standard InChI is InChI=1S/C10H12N2O2/c1-7(11-13)9-4-3-5-10(6-9)8(2)12-14/h3-6,13-14H,1-2H3. The van der Waals surface area contributed by atoms with Gasteiger partial charge in [-0.05, 0) is 31.0 Å². The fraction of sp³-hybridized carbons (Fsp3) is 0.200. The van der Waals surface area contributed by atoms with Crippen LogP contribution in [0, 0.1) is 0 Å². The molecule has 0 aliphatic rings. The predicted octanol–water partition coefficient (Wildman–Crippen LogP) is 2.08. The number of hydrogen-bond acceptors (Lipinski definition) is 4. The van der Waals surface area contributed by atoms with Gasteiger partial charge >= 0.3 is 0 Å². The summed E-state index contributed by atoms with van der Waals surface area (Å²) in [6.07, 6.45) is 0. The van der Waals surface area contributed by atoms with Crippen molar-refractivity contribution in [1.82, 2.24) is 0 Å². The Balaban J connectivity index is 3.14. The first-order valence-electron chi connectivity index (χ1n) is 4.17. The first-order chi connectivity index (χ1) is 6.69. The summed E-state index contributed by atoms with van der Waals surface area (Å²) in [6.45, 7) is 3.40. The number of hydrogen-bond donors (Lipinski definition) is 2. The highest BCUT2D eigenvalue weighted by Crippen LogP contribution is 2.07. The Labute approximate surface area is 82.2 Å². The lowest BCUT2D eigenvalue weighted by Crippen LogP contribution is -1.99. The minimum Gasteiger partial charge on any atom is -0.411 e. The zero-order valence-corrected chi connectivity index (χ0v) is 8.10. The van der Waals surface area contributed by atoms with Crippen molar-refractivity contribution < 1.29 is 10.4 Å². The average molecular weight is 192 g/mol. The van der Waals surface area contributed by atoms with Gasteiger partial charge in [0.1, 0.15) is 0 Å². The highest BCUT2D eigenvalue weighted by molar-refractivity contribution is 6.03. The third kappa shape index (κ3) is 2.10. The molecule has 1 rings (SSSR count). The Kier molecular flexibility index (Phi) is 3.23. The van der Waals surface area contributed by atoms with Gasteiger partial charge in [0.25, 0.3) is 0 Å². The van der Waals surface area contributed by atoms with Crippen LogP contribution in [0.25, 0.3) is 0 Å². The van der Waals surface area contributed by atoms with Crippen LogP contribution in [-0.2, 0) is 0 Å². The van der Waals surface area contributed by atoms with Crippen molar-refractivity contribution >= 4 is 11.4 Å². The molecule has 0 heterocycles. The van der Waals surface area contributed by atoms with E-state index in [1.54, 1.807) is 19.9 Å². The predicted molar refractivity (Wildman–Crippen MR) is 54.4 cm³/mol. The maximum absolute atomic E-state index is 8.58. The van der Waals surface area contributed by atoms with E-state index in [0.29, 0.717) is 11.4 Å². The van der Waals surface area contributed by atoms with E-state index in [4.69, 9.17) is 10.4 Å². The molecule has 0 unspecified atom stereocenters. The third-order valence-corrected chi connectivity index (χ3v) is 2.00. The Morgan fingerprint density at radius 2 is 1.43 bits per heavy atom. The second-order valence-electron chi connectivity index (χ2n) is 2.95. The van der Waals surface area contributed by atoms with E-state index >= 15 is 0 Å². The fourth-order valence-electron chi connectivity index (χ4n) is 1.08. The lowest BCUT2D eigenvalue weighted by Gasteiger charge is -2.02. The molecule has 0 aliphatic carbocycles. The molecule has 0 aliphatic heterocycles. The highest BCUT2D eigenvalue weighted by Gasteiger charge is 2.01. The van der Waals surface area contributed by atoms with E-state index in [-0.39, 0.29) is 0 Å². The fourth-order valence-corrected chi connectivity index (χ4v) is 1.08. The zero-order chi connectivity index (χ0) is 10.6. The van der Waals surface area contributed by atoms with Crippen LogP contribution in [-0.4, -0.2) is 21.8 Å². The maximum Gasteiger partial charge on any atom is 0.0837 e. The summed E-state index contributed by atoms with van der Waals surface area (Å²) in [5, 5.41) is 23.4. The molecule has 0 bridgehead atoms. The molecule has 0 aromatic heterocycles. The third-order valence-electron chi connectivity index (χ3n) is 2.00. The lowest BCUT2D eigenvalue weighted by atomic mass is 10.1. The topological polar surface area (TPSA) is 65.2 Å². The summed E-state index contributed by atoms with van der Waals surface area (Å²) in [7, 11) is 0. The first-order valence-corrected chi connectivity index (χ1v) is 4.17. The van der Waals surface area contributed by atoms with Crippen LogP contribution in [0.1, 0.15) is 25.0 Å². The number of nitrogens with zero attached hydrogens (tertiary/aromatic N) is 2. The van der Waals surface area contributed by atoms with E-state index < -0.39 is 0 Å². The van der Waals surface area contributed by atoms with Gasteiger partial charge in [0, 0.05) is 0 Å². The molecule has 0 spiro atoms. The molecule has 14 heavy (non-hydrogen) atoms. The van der Waals surface area contributed by atoms with Crippen LogP contribution in [0.3, 0.4) is 0 Å². The molecule has 4 nitrogen and oxygen atoms in total. The molecular formula is C10H12N2O2.